The number of carbonyl (C=O) groups is 2. The number of hydrogen-bond donors (Lipinski definition) is 1. The van der Waals surface area contributed by atoms with E-state index in [4.69, 9.17) is 0 Å². The fourth-order valence-electron chi connectivity index (χ4n) is 2.34. The number of nitrogens with zero attached hydrogens (tertiary/aromatic N) is 1. The number of amides is 2. The molecule has 0 saturated heterocycles. The molecule has 5 heteroatoms. The highest BCUT2D eigenvalue weighted by atomic mass is 32.2. The third-order valence-electron chi connectivity index (χ3n) is 3.43. The summed E-state index contributed by atoms with van der Waals surface area (Å²) in [5.74, 6) is 1.71. The van der Waals surface area contributed by atoms with E-state index in [0.29, 0.717) is 17.4 Å². The third kappa shape index (κ3) is 3.23. The number of benzene rings is 1. The Morgan fingerprint density at radius 2 is 2.00 bits per heavy atom. The van der Waals surface area contributed by atoms with Gasteiger partial charge in [0.15, 0.2) is 0 Å². The van der Waals surface area contributed by atoms with Gasteiger partial charge < -0.3 is 5.32 Å². The van der Waals surface area contributed by atoms with Crippen molar-refractivity contribution in [3.8, 4) is 0 Å². The minimum Gasteiger partial charge on any atom is -0.322 e. The van der Waals surface area contributed by atoms with Crippen LogP contribution in [0.5, 0.6) is 0 Å². The van der Waals surface area contributed by atoms with E-state index >= 15 is 0 Å². The zero-order valence-electron chi connectivity index (χ0n) is 13.0. The van der Waals surface area contributed by atoms with Gasteiger partial charge in [-0.25, -0.2) is 0 Å². The van der Waals surface area contributed by atoms with Crippen molar-refractivity contribution in [2.24, 2.45) is 5.92 Å². The second-order valence-corrected chi connectivity index (χ2v) is 7.20. The van der Waals surface area contributed by atoms with Crippen LogP contribution in [0.25, 0.3) is 0 Å². The summed E-state index contributed by atoms with van der Waals surface area (Å²) in [5, 5.41) is 2.87. The number of para-hydroxylation sites is 2. The molecule has 21 heavy (non-hydrogen) atoms. The van der Waals surface area contributed by atoms with Gasteiger partial charge in [0.2, 0.25) is 11.8 Å². The van der Waals surface area contributed by atoms with Crippen molar-refractivity contribution < 1.29 is 9.59 Å². The van der Waals surface area contributed by atoms with Crippen LogP contribution < -0.4 is 10.2 Å². The van der Waals surface area contributed by atoms with Crippen LogP contribution >= 0.6 is 11.8 Å². The van der Waals surface area contributed by atoms with Crippen LogP contribution in [-0.2, 0) is 9.59 Å². The van der Waals surface area contributed by atoms with Crippen LogP contribution in [0.15, 0.2) is 24.3 Å². The highest BCUT2D eigenvalue weighted by Crippen LogP contribution is 2.37. The molecule has 1 aromatic carbocycles. The molecule has 1 aliphatic rings. The Kier molecular flexibility index (Phi) is 4.61. The fourth-order valence-corrected chi connectivity index (χ4v) is 3.24. The first-order chi connectivity index (χ1) is 9.84. The molecular weight excluding hydrogens is 284 g/mol. The number of rotatable bonds is 4. The molecule has 1 heterocycles. The molecule has 1 aromatic rings. The van der Waals surface area contributed by atoms with Crippen molar-refractivity contribution in [1.82, 2.24) is 0 Å². The predicted molar refractivity (Wildman–Crippen MR) is 88.8 cm³/mol. The van der Waals surface area contributed by atoms with E-state index in [1.807, 2.05) is 24.3 Å². The van der Waals surface area contributed by atoms with Crippen LogP contribution in [-0.4, -0.2) is 28.9 Å². The maximum absolute atomic E-state index is 12.6. The van der Waals surface area contributed by atoms with Gasteiger partial charge in [0.05, 0.1) is 17.1 Å². The summed E-state index contributed by atoms with van der Waals surface area (Å²) in [7, 11) is 0. The van der Waals surface area contributed by atoms with Crippen molar-refractivity contribution in [3.63, 3.8) is 0 Å². The molecule has 4 nitrogen and oxygen atoms in total. The van der Waals surface area contributed by atoms with Gasteiger partial charge in [-0.2, -0.15) is 11.8 Å². The smallest absolute Gasteiger partial charge is 0.250 e. The number of anilines is 2. The highest BCUT2D eigenvalue weighted by Gasteiger charge is 2.43. The number of thioether (sulfide) groups is 1. The largest absolute Gasteiger partial charge is 0.322 e. The first-order valence-corrected chi connectivity index (χ1v) is 8.30. The lowest BCUT2D eigenvalue weighted by atomic mass is 9.96. The molecule has 0 saturated carbocycles. The second kappa shape index (κ2) is 6.10. The molecule has 0 unspecified atom stereocenters. The normalized spacial score (nSPS) is 16.6. The van der Waals surface area contributed by atoms with Gasteiger partial charge in [0.25, 0.3) is 0 Å². The summed E-state index contributed by atoms with van der Waals surface area (Å²) < 4.78 is 0. The highest BCUT2D eigenvalue weighted by molar-refractivity contribution is 7.99. The minimum atomic E-state index is -0.871. The van der Waals surface area contributed by atoms with Crippen molar-refractivity contribution in [1.29, 1.82) is 0 Å². The Hall–Kier alpha value is -1.49. The second-order valence-electron chi connectivity index (χ2n) is 6.17. The average Bonchev–Trinajstić information content (AvgIpc) is 2.39. The monoisotopic (exact) mass is 306 g/mol. The lowest BCUT2D eigenvalue weighted by Crippen LogP contribution is -2.59. The Bertz CT molecular complexity index is 555. The van der Waals surface area contributed by atoms with E-state index in [2.05, 4.69) is 19.2 Å². The topological polar surface area (TPSA) is 49.4 Å². The molecule has 0 atom stereocenters. The van der Waals surface area contributed by atoms with Crippen molar-refractivity contribution in [2.75, 3.05) is 21.7 Å². The third-order valence-corrected chi connectivity index (χ3v) is 4.79. The molecule has 1 N–H and O–H groups in total. The maximum atomic E-state index is 12.6. The molecule has 0 radical (unpaired) electrons. The summed E-state index contributed by atoms with van der Waals surface area (Å²) >= 11 is 1.62. The molecule has 2 rings (SSSR count). The molecule has 0 fully saturated rings. The van der Waals surface area contributed by atoms with Crippen molar-refractivity contribution >= 4 is 35.0 Å². The summed E-state index contributed by atoms with van der Waals surface area (Å²) in [6, 6.07) is 7.44. The Balaban J connectivity index is 2.26. The first-order valence-electron chi connectivity index (χ1n) is 7.15. The van der Waals surface area contributed by atoms with E-state index in [9.17, 15) is 9.59 Å². The zero-order valence-corrected chi connectivity index (χ0v) is 13.8. The summed E-state index contributed by atoms with van der Waals surface area (Å²) in [6.45, 7) is 7.82. The van der Waals surface area contributed by atoms with Crippen LogP contribution in [0.1, 0.15) is 27.7 Å². The van der Waals surface area contributed by atoms with Crippen LogP contribution in [0.3, 0.4) is 0 Å². The minimum absolute atomic E-state index is 0.0204. The number of hydrogen-bond acceptors (Lipinski definition) is 3. The van der Waals surface area contributed by atoms with Gasteiger partial charge in [-0.1, -0.05) is 26.0 Å². The standard InChI is InChI=1S/C16H22N2O2S/c1-11(2)9-21-10-14(19)18-13-8-6-5-7-12(13)17-15(20)16(18,3)4/h5-8,11H,9-10H2,1-4H3,(H,17,20). The van der Waals surface area contributed by atoms with Crippen LogP contribution in [0, 0.1) is 5.92 Å². The fraction of sp³-hybridized carbons (Fsp3) is 0.500. The molecule has 2 amide bonds. The zero-order chi connectivity index (χ0) is 15.6. The van der Waals surface area contributed by atoms with E-state index in [1.165, 1.54) is 0 Å². The van der Waals surface area contributed by atoms with Gasteiger partial charge in [-0.05, 0) is 37.7 Å². The maximum Gasteiger partial charge on any atom is 0.250 e. The number of fused-ring (bicyclic) bond motifs is 1. The summed E-state index contributed by atoms with van der Waals surface area (Å²) in [4.78, 5) is 26.5. The number of nitrogens with one attached hydrogen (secondary N) is 1. The van der Waals surface area contributed by atoms with Crippen LogP contribution in [0.4, 0.5) is 11.4 Å². The van der Waals surface area contributed by atoms with E-state index in [-0.39, 0.29) is 11.8 Å². The molecule has 114 valence electrons. The molecule has 1 aliphatic heterocycles. The lowest BCUT2D eigenvalue weighted by molar-refractivity contribution is -0.125. The van der Waals surface area contributed by atoms with Gasteiger partial charge in [-0.15, -0.1) is 0 Å². The SMILES string of the molecule is CC(C)CSCC(=O)N1c2ccccc2NC(=O)C1(C)C. The Morgan fingerprint density at radius 1 is 1.33 bits per heavy atom. The summed E-state index contributed by atoms with van der Waals surface area (Å²) in [5.41, 5.74) is 0.602. The Labute approximate surface area is 130 Å². The van der Waals surface area contributed by atoms with Gasteiger partial charge >= 0.3 is 0 Å². The first kappa shape index (κ1) is 15.9. The van der Waals surface area contributed by atoms with E-state index < -0.39 is 5.54 Å². The van der Waals surface area contributed by atoms with Gasteiger partial charge in [-0.3, -0.25) is 14.5 Å². The Morgan fingerprint density at radius 3 is 2.67 bits per heavy atom. The lowest BCUT2D eigenvalue weighted by Gasteiger charge is -2.42. The molecule has 0 bridgehead atoms. The van der Waals surface area contributed by atoms with Crippen LogP contribution in [0.2, 0.25) is 0 Å². The van der Waals surface area contributed by atoms with E-state index in [1.54, 1.807) is 30.5 Å². The summed E-state index contributed by atoms with van der Waals surface area (Å²) in [6.07, 6.45) is 0. The molecule has 0 spiro atoms. The van der Waals surface area contributed by atoms with Gasteiger partial charge in [0.1, 0.15) is 5.54 Å². The van der Waals surface area contributed by atoms with Crippen molar-refractivity contribution in [3.05, 3.63) is 24.3 Å². The molecular formula is C16H22N2O2S. The molecule has 0 aromatic heterocycles. The molecule has 0 aliphatic carbocycles. The quantitative estimate of drug-likeness (QED) is 0.929. The predicted octanol–water partition coefficient (Wildman–Crippen LogP) is 3.14. The van der Waals surface area contributed by atoms with Crippen molar-refractivity contribution in [2.45, 2.75) is 33.2 Å². The van der Waals surface area contributed by atoms with E-state index in [0.717, 1.165) is 11.4 Å². The van der Waals surface area contributed by atoms with Gasteiger partial charge in [0, 0.05) is 0 Å². The average molecular weight is 306 g/mol. The number of carbonyl (C=O) groups excluding carboxylic acids is 2.